The maximum Gasteiger partial charge on any atom is 0.306 e. The highest BCUT2D eigenvalue weighted by Gasteiger charge is 2.63. The van der Waals surface area contributed by atoms with Gasteiger partial charge in [0.25, 0.3) is 0 Å². The van der Waals surface area contributed by atoms with Gasteiger partial charge in [0.2, 0.25) is 0 Å². The van der Waals surface area contributed by atoms with E-state index in [1.54, 1.807) is 0 Å². The molecule has 0 aromatic rings. The second kappa shape index (κ2) is 4.49. The topological polar surface area (TPSA) is 46.5 Å². The van der Waals surface area contributed by atoms with Gasteiger partial charge in [-0.1, -0.05) is 13.8 Å². The van der Waals surface area contributed by atoms with Gasteiger partial charge < -0.3 is 9.84 Å². The monoisotopic (exact) mass is 306 g/mol. The van der Waals surface area contributed by atoms with E-state index >= 15 is 0 Å². The standard InChI is InChI=1S/C19H30O3/c1-17-9-8-16(20)22-15(17)5-4-12-13(17)6-10-18(2)14(12)7-11-19(18,3)21/h12-15,21H,4-11H2,1-3H3/t12-,13+,14-,15+,17-,18-,19-/m1/s1. The van der Waals surface area contributed by atoms with Crippen molar-refractivity contribution in [2.45, 2.75) is 83.8 Å². The highest BCUT2D eigenvalue weighted by Crippen LogP contribution is 2.66. The van der Waals surface area contributed by atoms with Crippen LogP contribution in [0, 0.1) is 28.6 Å². The second-order valence-corrected chi connectivity index (χ2v) is 9.21. The highest BCUT2D eigenvalue weighted by molar-refractivity contribution is 5.70. The van der Waals surface area contributed by atoms with Gasteiger partial charge in [0.1, 0.15) is 6.10 Å². The first kappa shape index (κ1) is 15.0. The SMILES string of the molecule is C[C@]12CCC(=O)O[C@H]1CC[C@H]1[C@H]3CC[C@@](C)(O)[C@]3(C)CC[C@@H]12. The summed E-state index contributed by atoms with van der Waals surface area (Å²) in [5, 5.41) is 10.9. The number of esters is 1. The molecule has 3 aliphatic carbocycles. The molecule has 3 heteroatoms. The molecule has 1 aliphatic heterocycles. The molecule has 7 atom stereocenters. The van der Waals surface area contributed by atoms with Crippen LogP contribution in [0.5, 0.6) is 0 Å². The lowest BCUT2D eigenvalue weighted by atomic mass is 9.47. The van der Waals surface area contributed by atoms with Crippen LogP contribution in [0.4, 0.5) is 0 Å². The van der Waals surface area contributed by atoms with E-state index in [9.17, 15) is 9.90 Å². The molecular formula is C19H30O3. The lowest BCUT2D eigenvalue weighted by Crippen LogP contribution is -2.58. The summed E-state index contributed by atoms with van der Waals surface area (Å²) in [5.74, 6) is 2.04. The molecule has 124 valence electrons. The van der Waals surface area contributed by atoms with Gasteiger partial charge >= 0.3 is 5.97 Å². The number of fused-ring (bicyclic) bond motifs is 5. The van der Waals surface area contributed by atoms with Gasteiger partial charge in [-0.15, -0.1) is 0 Å². The van der Waals surface area contributed by atoms with E-state index in [1.165, 1.54) is 19.3 Å². The van der Waals surface area contributed by atoms with E-state index < -0.39 is 5.60 Å². The fourth-order valence-electron chi connectivity index (χ4n) is 6.79. The van der Waals surface area contributed by atoms with Crippen molar-refractivity contribution in [3.8, 4) is 0 Å². The summed E-state index contributed by atoms with van der Waals surface area (Å²) in [7, 11) is 0. The Balaban J connectivity index is 1.65. The van der Waals surface area contributed by atoms with Crippen molar-refractivity contribution in [2.75, 3.05) is 0 Å². The number of hydrogen-bond donors (Lipinski definition) is 1. The van der Waals surface area contributed by atoms with Crippen LogP contribution >= 0.6 is 0 Å². The molecule has 0 aromatic heterocycles. The van der Waals surface area contributed by atoms with E-state index in [-0.39, 0.29) is 22.9 Å². The van der Waals surface area contributed by atoms with E-state index in [4.69, 9.17) is 4.74 Å². The number of aliphatic hydroxyl groups is 1. The molecule has 0 bridgehead atoms. The number of rotatable bonds is 0. The molecule has 0 radical (unpaired) electrons. The van der Waals surface area contributed by atoms with Gasteiger partial charge in [-0.05, 0) is 75.0 Å². The zero-order chi connectivity index (χ0) is 15.8. The summed E-state index contributed by atoms with van der Waals surface area (Å²) < 4.78 is 5.73. The van der Waals surface area contributed by atoms with Gasteiger partial charge in [0.15, 0.2) is 0 Å². The number of carbonyl (C=O) groups excluding carboxylic acids is 1. The van der Waals surface area contributed by atoms with Crippen molar-refractivity contribution in [3.63, 3.8) is 0 Å². The summed E-state index contributed by atoms with van der Waals surface area (Å²) in [6.07, 6.45) is 8.37. The van der Waals surface area contributed by atoms with Gasteiger partial charge in [-0.3, -0.25) is 4.79 Å². The normalized spacial score (nSPS) is 57.5. The van der Waals surface area contributed by atoms with Crippen molar-refractivity contribution in [1.29, 1.82) is 0 Å². The van der Waals surface area contributed by atoms with Crippen LogP contribution in [0.3, 0.4) is 0 Å². The molecule has 0 amide bonds. The fraction of sp³-hybridized carbons (Fsp3) is 0.947. The molecule has 3 nitrogen and oxygen atoms in total. The maximum absolute atomic E-state index is 11.7. The van der Waals surface area contributed by atoms with E-state index in [2.05, 4.69) is 20.8 Å². The highest BCUT2D eigenvalue weighted by atomic mass is 16.5. The van der Waals surface area contributed by atoms with Crippen molar-refractivity contribution >= 4 is 5.97 Å². The molecule has 0 spiro atoms. The van der Waals surface area contributed by atoms with Gasteiger partial charge in [-0.25, -0.2) is 0 Å². The first-order valence-corrected chi connectivity index (χ1v) is 9.20. The average Bonchev–Trinajstić information content (AvgIpc) is 2.70. The van der Waals surface area contributed by atoms with Gasteiger partial charge in [0, 0.05) is 11.8 Å². The first-order valence-electron chi connectivity index (χ1n) is 9.20. The Morgan fingerprint density at radius 3 is 2.50 bits per heavy atom. The van der Waals surface area contributed by atoms with Crippen molar-refractivity contribution < 1.29 is 14.6 Å². The van der Waals surface area contributed by atoms with E-state index in [0.29, 0.717) is 24.2 Å². The minimum Gasteiger partial charge on any atom is -0.462 e. The Kier molecular flexibility index (Phi) is 3.06. The average molecular weight is 306 g/mol. The third kappa shape index (κ3) is 1.75. The Labute approximate surface area is 133 Å². The molecular weight excluding hydrogens is 276 g/mol. The summed E-state index contributed by atoms with van der Waals surface area (Å²) >= 11 is 0. The zero-order valence-electron chi connectivity index (χ0n) is 14.2. The minimum absolute atomic E-state index is 0.00497. The molecule has 1 N–H and O–H groups in total. The molecule has 22 heavy (non-hydrogen) atoms. The summed E-state index contributed by atoms with van der Waals surface area (Å²) in [6.45, 7) is 6.76. The number of hydrogen-bond acceptors (Lipinski definition) is 3. The maximum atomic E-state index is 11.7. The third-order valence-electron chi connectivity index (χ3n) is 8.49. The lowest BCUT2D eigenvalue weighted by Gasteiger charge is -2.60. The number of ether oxygens (including phenoxy) is 1. The Bertz CT molecular complexity index is 499. The predicted octanol–water partition coefficient (Wildman–Crippen LogP) is 3.69. The summed E-state index contributed by atoms with van der Waals surface area (Å²) in [6, 6.07) is 0. The smallest absolute Gasteiger partial charge is 0.306 e. The van der Waals surface area contributed by atoms with Crippen LogP contribution in [0.15, 0.2) is 0 Å². The van der Waals surface area contributed by atoms with Gasteiger partial charge in [-0.2, -0.15) is 0 Å². The largest absolute Gasteiger partial charge is 0.462 e. The van der Waals surface area contributed by atoms with E-state index in [1.807, 2.05) is 0 Å². The van der Waals surface area contributed by atoms with Crippen molar-refractivity contribution in [2.24, 2.45) is 28.6 Å². The molecule has 1 saturated heterocycles. The van der Waals surface area contributed by atoms with Crippen LogP contribution in [0.1, 0.15) is 72.1 Å². The third-order valence-corrected chi connectivity index (χ3v) is 8.49. The fourth-order valence-corrected chi connectivity index (χ4v) is 6.79. The number of carbonyl (C=O) groups is 1. The lowest BCUT2D eigenvalue weighted by molar-refractivity contribution is -0.197. The summed E-state index contributed by atoms with van der Waals surface area (Å²) in [5.41, 5.74) is -0.241. The van der Waals surface area contributed by atoms with Crippen LogP contribution in [0.25, 0.3) is 0 Å². The van der Waals surface area contributed by atoms with Crippen LogP contribution in [0.2, 0.25) is 0 Å². The molecule has 0 aromatic carbocycles. The zero-order valence-corrected chi connectivity index (χ0v) is 14.2. The van der Waals surface area contributed by atoms with Gasteiger partial charge in [0.05, 0.1) is 5.60 Å². The van der Waals surface area contributed by atoms with Crippen molar-refractivity contribution in [3.05, 3.63) is 0 Å². The molecule has 0 unspecified atom stereocenters. The quantitative estimate of drug-likeness (QED) is 0.694. The Morgan fingerprint density at radius 2 is 1.73 bits per heavy atom. The van der Waals surface area contributed by atoms with Crippen molar-refractivity contribution in [1.82, 2.24) is 0 Å². The van der Waals surface area contributed by atoms with Crippen LogP contribution in [-0.4, -0.2) is 22.8 Å². The van der Waals surface area contributed by atoms with Crippen LogP contribution < -0.4 is 0 Å². The minimum atomic E-state index is -0.501. The molecule has 4 fully saturated rings. The van der Waals surface area contributed by atoms with Crippen LogP contribution in [-0.2, 0) is 9.53 Å². The molecule has 4 aliphatic rings. The summed E-state index contributed by atoms with van der Waals surface area (Å²) in [4.78, 5) is 11.7. The molecule has 1 heterocycles. The Morgan fingerprint density at radius 1 is 1.00 bits per heavy atom. The first-order chi connectivity index (χ1) is 10.3. The molecule has 4 rings (SSSR count). The van der Waals surface area contributed by atoms with E-state index in [0.717, 1.165) is 25.7 Å². The molecule has 3 saturated carbocycles. The second-order valence-electron chi connectivity index (χ2n) is 9.21. The Hall–Kier alpha value is -0.570. The predicted molar refractivity (Wildman–Crippen MR) is 84.1 cm³/mol.